The Kier molecular flexibility index (Phi) is 4.42. The molecule has 0 aliphatic rings. The van der Waals surface area contributed by atoms with Crippen LogP contribution in [0.2, 0.25) is 0 Å². The van der Waals surface area contributed by atoms with Crippen LogP contribution in [0.3, 0.4) is 0 Å². The fourth-order valence-electron chi connectivity index (χ4n) is 0.904. The Balaban J connectivity index is 3.04. The van der Waals surface area contributed by atoms with Crippen LogP contribution in [0.4, 0.5) is 5.69 Å². The predicted molar refractivity (Wildman–Crippen MR) is 67.0 cm³/mol. The lowest BCUT2D eigenvalue weighted by Gasteiger charge is -2.09. The van der Waals surface area contributed by atoms with Gasteiger partial charge in [-0.1, -0.05) is 15.9 Å². The van der Waals surface area contributed by atoms with E-state index in [4.69, 9.17) is 4.74 Å². The molecule has 7 heteroatoms. The van der Waals surface area contributed by atoms with Gasteiger partial charge in [-0.05, 0) is 28.1 Å². The summed E-state index contributed by atoms with van der Waals surface area (Å²) in [5.74, 6) is 0.588. The third kappa shape index (κ3) is 3.66. The lowest BCUT2D eigenvalue weighted by atomic mass is 10.3. The summed E-state index contributed by atoms with van der Waals surface area (Å²) in [6.07, 6.45) is 0. The number of methoxy groups -OCH3 is 1. The molecule has 0 radical (unpaired) electrons. The quantitative estimate of drug-likeness (QED) is 0.841. The van der Waals surface area contributed by atoms with Gasteiger partial charge in [0.2, 0.25) is 10.0 Å². The Morgan fingerprint density at radius 3 is 2.67 bits per heavy atom. The average molecular weight is 359 g/mol. The number of benzene rings is 1. The van der Waals surface area contributed by atoms with E-state index in [9.17, 15) is 8.42 Å². The molecule has 0 fully saturated rings. The van der Waals surface area contributed by atoms with Gasteiger partial charge in [0.25, 0.3) is 0 Å². The smallest absolute Gasteiger partial charge is 0.242 e. The topological polar surface area (TPSA) is 55.4 Å². The van der Waals surface area contributed by atoms with Crippen molar-refractivity contribution < 1.29 is 13.2 Å². The van der Waals surface area contributed by atoms with E-state index in [0.717, 1.165) is 0 Å². The number of rotatable bonds is 4. The Morgan fingerprint density at radius 2 is 2.13 bits per heavy atom. The molecule has 0 aromatic heterocycles. The Morgan fingerprint density at radius 1 is 1.47 bits per heavy atom. The predicted octanol–water partition coefficient (Wildman–Crippen LogP) is 2.55. The van der Waals surface area contributed by atoms with Crippen molar-refractivity contribution in [1.82, 2.24) is 0 Å². The summed E-state index contributed by atoms with van der Waals surface area (Å²) in [6.45, 7) is 0. The molecule has 0 aliphatic carbocycles. The first-order valence-corrected chi connectivity index (χ1v) is 7.45. The van der Waals surface area contributed by atoms with Gasteiger partial charge >= 0.3 is 0 Å². The highest BCUT2D eigenvalue weighted by Gasteiger charge is 2.10. The van der Waals surface area contributed by atoms with Gasteiger partial charge in [-0.25, -0.2) is 8.42 Å². The maximum absolute atomic E-state index is 11.3. The molecule has 0 bridgehead atoms. The zero-order chi connectivity index (χ0) is 11.5. The van der Waals surface area contributed by atoms with Crippen molar-refractivity contribution in [3.63, 3.8) is 0 Å². The molecule has 4 nitrogen and oxygen atoms in total. The minimum atomic E-state index is -3.34. The minimum Gasteiger partial charge on any atom is -0.497 e. The Hall–Kier alpha value is -0.270. The van der Waals surface area contributed by atoms with E-state index in [1.807, 2.05) is 0 Å². The Labute approximate surface area is 105 Å². The third-order valence-electron chi connectivity index (χ3n) is 1.58. The van der Waals surface area contributed by atoms with Gasteiger partial charge in [0.15, 0.2) is 0 Å². The summed E-state index contributed by atoms with van der Waals surface area (Å²) >= 11 is 6.14. The monoisotopic (exact) mass is 357 g/mol. The first-order chi connectivity index (χ1) is 6.98. The maximum atomic E-state index is 11.3. The summed E-state index contributed by atoms with van der Waals surface area (Å²) in [6, 6.07) is 5.05. The highest BCUT2D eigenvalue weighted by atomic mass is 79.9. The first kappa shape index (κ1) is 12.8. The van der Waals surface area contributed by atoms with Gasteiger partial charge < -0.3 is 4.74 Å². The van der Waals surface area contributed by atoms with Crippen molar-refractivity contribution in [3.8, 4) is 5.75 Å². The van der Waals surface area contributed by atoms with E-state index >= 15 is 0 Å². The van der Waals surface area contributed by atoms with Gasteiger partial charge in [-0.15, -0.1) is 0 Å². The van der Waals surface area contributed by atoms with Crippen molar-refractivity contribution in [3.05, 3.63) is 22.7 Å². The number of ether oxygens (including phenoxy) is 1. The normalized spacial score (nSPS) is 11.1. The van der Waals surface area contributed by atoms with Crippen LogP contribution in [0, 0.1) is 0 Å². The van der Waals surface area contributed by atoms with Crippen molar-refractivity contribution in [2.45, 2.75) is 0 Å². The second-order valence-corrected chi connectivity index (χ2v) is 6.55. The molecule has 15 heavy (non-hydrogen) atoms. The summed E-state index contributed by atoms with van der Waals surface area (Å²) in [5.41, 5.74) is 0.453. The van der Waals surface area contributed by atoms with Gasteiger partial charge in [-0.3, -0.25) is 4.72 Å². The Bertz CT molecular complexity index is 447. The fraction of sp³-hybridized carbons (Fsp3) is 0.250. The van der Waals surface area contributed by atoms with E-state index in [-0.39, 0.29) is 4.66 Å². The van der Waals surface area contributed by atoms with Gasteiger partial charge in [-0.2, -0.15) is 0 Å². The number of hydrogen-bond acceptors (Lipinski definition) is 3. The molecule has 0 aliphatic heterocycles. The summed E-state index contributed by atoms with van der Waals surface area (Å²) in [7, 11) is -1.82. The van der Waals surface area contributed by atoms with Gasteiger partial charge in [0.05, 0.1) is 12.8 Å². The fourth-order valence-corrected chi connectivity index (χ4v) is 2.28. The number of alkyl halides is 1. The number of hydrogen-bond donors (Lipinski definition) is 1. The van der Waals surface area contributed by atoms with Crippen LogP contribution in [-0.2, 0) is 10.0 Å². The van der Waals surface area contributed by atoms with Crippen molar-refractivity contribution >= 4 is 47.6 Å². The molecule has 1 N–H and O–H groups in total. The zero-order valence-corrected chi connectivity index (χ0v) is 11.8. The average Bonchev–Trinajstić information content (AvgIpc) is 2.21. The summed E-state index contributed by atoms with van der Waals surface area (Å²) in [4.78, 5) is 0. The van der Waals surface area contributed by atoms with Crippen LogP contribution >= 0.6 is 31.9 Å². The largest absolute Gasteiger partial charge is 0.497 e. The highest BCUT2D eigenvalue weighted by Crippen LogP contribution is 2.28. The highest BCUT2D eigenvalue weighted by molar-refractivity contribution is 9.11. The molecule has 0 atom stereocenters. The molecular weight excluding hydrogens is 350 g/mol. The van der Waals surface area contributed by atoms with Crippen molar-refractivity contribution in [2.24, 2.45) is 0 Å². The molecular formula is C8H9Br2NO3S. The van der Waals surface area contributed by atoms with Crippen LogP contribution in [0.25, 0.3) is 0 Å². The van der Waals surface area contributed by atoms with E-state index in [2.05, 4.69) is 36.6 Å². The third-order valence-corrected chi connectivity index (χ3v) is 4.90. The maximum Gasteiger partial charge on any atom is 0.242 e. The minimum absolute atomic E-state index is 0.149. The van der Waals surface area contributed by atoms with Crippen LogP contribution in [0.15, 0.2) is 22.7 Å². The van der Waals surface area contributed by atoms with Crippen LogP contribution in [-0.4, -0.2) is 20.2 Å². The second kappa shape index (κ2) is 5.18. The standard InChI is InChI=1S/C8H9Br2NO3S/c1-14-6-2-3-7(10)8(4-6)11-15(12,13)5-9/h2-4,11H,5H2,1H3. The van der Waals surface area contributed by atoms with Crippen molar-refractivity contribution in [2.75, 3.05) is 16.5 Å². The lowest BCUT2D eigenvalue weighted by Crippen LogP contribution is -2.13. The van der Waals surface area contributed by atoms with Crippen LogP contribution in [0.5, 0.6) is 5.75 Å². The molecule has 1 aromatic carbocycles. The van der Waals surface area contributed by atoms with Gasteiger partial charge in [0, 0.05) is 10.5 Å². The second-order valence-electron chi connectivity index (χ2n) is 2.67. The molecule has 0 unspecified atom stereocenters. The lowest BCUT2D eigenvalue weighted by molar-refractivity contribution is 0.415. The van der Waals surface area contributed by atoms with E-state index in [1.165, 1.54) is 7.11 Å². The van der Waals surface area contributed by atoms with Crippen LogP contribution in [0.1, 0.15) is 0 Å². The van der Waals surface area contributed by atoms with Crippen LogP contribution < -0.4 is 9.46 Å². The number of halogens is 2. The summed E-state index contributed by atoms with van der Waals surface area (Å²) < 4.78 is 30.5. The first-order valence-electron chi connectivity index (χ1n) is 3.88. The SMILES string of the molecule is COc1ccc(Br)c(NS(=O)(=O)CBr)c1. The molecule has 1 aromatic rings. The molecule has 0 amide bonds. The zero-order valence-electron chi connectivity index (χ0n) is 7.83. The van der Waals surface area contributed by atoms with E-state index in [0.29, 0.717) is 15.9 Å². The number of anilines is 1. The molecule has 0 saturated carbocycles. The summed E-state index contributed by atoms with van der Waals surface area (Å²) in [5, 5.41) is 0. The van der Waals surface area contributed by atoms with E-state index < -0.39 is 10.0 Å². The molecule has 0 saturated heterocycles. The van der Waals surface area contributed by atoms with E-state index in [1.54, 1.807) is 18.2 Å². The van der Waals surface area contributed by atoms with Gasteiger partial charge in [0.1, 0.15) is 10.4 Å². The number of sulfonamides is 1. The molecule has 84 valence electrons. The molecule has 0 spiro atoms. The molecule has 0 heterocycles. The van der Waals surface area contributed by atoms with Crippen molar-refractivity contribution in [1.29, 1.82) is 0 Å². The number of nitrogens with one attached hydrogen (secondary N) is 1. The molecule has 1 rings (SSSR count).